The number of rotatable bonds is 1. The maximum atomic E-state index is 10.9. The molecule has 0 bridgehead atoms. The Balaban J connectivity index is 2.78. The number of pyridine rings is 1. The van der Waals surface area contributed by atoms with Crippen LogP contribution in [-0.2, 0) is 4.74 Å². The average Bonchev–Trinajstić information content (AvgIpc) is 2.17. The third-order valence-corrected chi connectivity index (χ3v) is 1.27. The summed E-state index contributed by atoms with van der Waals surface area (Å²) in [7, 11) is 1.26. The van der Waals surface area contributed by atoms with Gasteiger partial charge < -0.3 is 4.74 Å². The quantitative estimate of drug-likeness (QED) is 0.376. The fourth-order valence-corrected chi connectivity index (χ4v) is 0.688. The molecule has 5 heteroatoms. The van der Waals surface area contributed by atoms with Crippen molar-refractivity contribution in [2.45, 2.75) is 0 Å². The summed E-state index contributed by atoms with van der Waals surface area (Å²) in [6.07, 6.45) is 0.895. The van der Waals surface area contributed by atoms with E-state index in [1.807, 2.05) is 0 Å². The first-order valence-electron chi connectivity index (χ1n) is 3.29. The Kier molecular flexibility index (Phi) is 2.60. The minimum absolute atomic E-state index is 0.351. The molecule has 64 valence electrons. The van der Waals surface area contributed by atoms with Crippen molar-refractivity contribution >= 4 is 11.9 Å². The predicted octanol–water partition coefficient (Wildman–Crippen LogP) is 0.528. The summed E-state index contributed by atoms with van der Waals surface area (Å²) in [5.41, 5.74) is 0. The summed E-state index contributed by atoms with van der Waals surface area (Å²) in [5, 5.41) is 0.833. The van der Waals surface area contributed by atoms with Crippen LogP contribution < -0.4 is 10.9 Å². The molecule has 0 spiro atoms. The second kappa shape index (κ2) is 3.68. The van der Waals surface area contributed by atoms with Gasteiger partial charge in [-0.3, -0.25) is 0 Å². The van der Waals surface area contributed by atoms with Gasteiger partial charge in [-0.25, -0.2) is 15.6 Å². The number of hydrogen-bond donors (Lipinski definition) is 1. The summed E-state index contributed by atoms with van der Waals surface area (Å²) < 4.78 is 4.39. The van der Waals surface area contributed by atoms with Crippen LogP contribution in [0.3, 0.4) is 0 Å². The molecular formula is C7H9N3O2. The maximum Gasteiger partial charge on any atom is 0.429 e. The standard InChI is InChI=1S/C7H9N3O2/c1-12-7(11)10(8)6-4-2-3-5-9-6/h2-5H,8H2,1H3. The molecule has 0 fully saturated rings. The monoisotopic (exact) mass is 167 g/mol. The number of amides is 1. The topological polar surface area (TPSA) is 68.5 Å². The first-order valence-corrected chi connectivity index (χ1v) is 3.29. The molecule has 0 aromatic carbocycles. The van der Waals surface area contributed by atoms with Crippen LogP contribution in [0.1, 0.15) is 0 Å². The summed E-state index contributed by atoms with van der Waals surface area (Å²) >= 11 is 0. The lowest BCUT2D eigenvalue weighted by atomic mass is 10.5. The van der Waals surface area contributed by atoms with Gasteiger partial charge in [-0.05, 0) is 12.1 Å². The van der Waals surface area contributed by atoms with E-state index in [1.54, 1.807) is 18.2 Å². The SMILES string of the molecule is COC(=O)N(N)c1ccccn1. The molecule has 0 radical (unpaired) electrons. The van der Waals surface area contributed by atoms with Gasteiger partial charge in [0.15, 0.2) is 5.82 Å². The first-order chi connectivity index (χ1) is 5.75. The van der Waals surface area contributed by atoms with Crippen molar-refractivity contribution in [1.29, 1.82) is 0 Å². The molecule has 0 atom stereocenters. The smallest absolute Gasteiger partial charge is 0.429 e. The number of nitrogens with two attached hydrogens (primary N) is 1. The molecule has 2 N–H and O–H groups in total. The van der Waals surface area contributed by atoms with Crippen LogP contribution in [0, 0.1) is 0 Å². The molecule has 0 saturated heterocycles. The van der Waals surface area contributed by atoms with E-state index in [9.17, 15) is 4.79 Å². The molecule has 1 rings (SSSR count). The molecular weight excluding hydrogens is 158 g/mol. The number of aromatic nitrogens is 1. The Bertz CT molecular complexity index is 263. The molecule has 5 nitrogen and oxygen atoms in total. The van der Waals surface area contributed by atoms with Gasteiger partial charge in [-0.1, -0.05) is 6.07 Å². The third kappa shape index (κ3) is 1.70. The van der Waals surface area contributed by atoms with Crippen LogP contribution in [0.2, 0.25) is 0 Å². The van der Waals surface area contributed by atoms with Gasteiger partial charge in [0, 0.05) is 6.20 Å². The van der Waals surface area contributed by atoms with Crippen molar-refractivity contribution in [2.75, 3.05) is 12.1 Å². The normalized spacial score (nSPS) is 9.17. The highest BCUT2D eigenvalue weighted by molar-refractivity contribution is 5.84. The van der Waals surface area contributed by atoms with Crippen LogP contribution >= 0.6 is 0 Å². The lowest BCUT2D eigenvalue weighted by Gasteiger charge is -2.12. The van der Waals surface area contributed by atoms with Crippen molar-refractivity contribution in [3.05, 3.63) is 24.4 Å². The van der Waals surface area contributed by atoms with E-state index in [1.165, 1.54) is 13.3 Å². The number of carbonyl (C=O) groups is 1. The van der Waals surface area contributed by atoms with Crippen LogP contribution in [0.4, 0.5) is 10.6 Å². The number of hydrazine groups is 1. The number of nitrogens with zero attached hydrogens (tertiary/aromatic N) is 2. The van der Waals surface area contributed by atoms with Crippen molar-refractivity contribution in [3.8, 4) is 0 Å². The zero-order valence-corrected chi connectivity index (χ0v) is 6.60. The number of methoxy groups -OCH3 is 1. The molecule has 0 saturated carbocycles. The van der Waals surface area contributed by atoms with Crippen molar-refractivity contribution in [2.24, 2.45) is 5.84 Å². The minimum atomic E-state index is -0.645. The van der Waals surface area contributed by atoms with Crippen LogP contribution in [-0.4, -0.2) is 18.2 Å². The Morgan fingerprint density at radius 1 is 1.67 bits per heavy atom. The second-order valence-electron chi connectivity index (χ2n) is 2.03. The summed E-state index contributed by atoms with van der Waals surface area (Å²) in [4.78, 5) is 14.7. The van der Waals surface area contributed by atoms with Gasteiger partial charge in [-0.2, -0.15) is 5.01 Å². The van der Waals surface area contributed by atoms with Gasteiger partial charge in [0.2, 0.25) is 0 Å². The molecule has 0 aliphatic heterocycles. The number of ether oxygens (including phenoxy) is 1. The first kappa shape index (κ1) is 8.48. The molecule has 1 amide bonds. The maximum absolute atomic E-state index is 10.9. The van der Waals surface area contributed by atoms with Gasteiger partial charge in [0.25, 0.3) is 0 Å². The highest BCUT2D eigenvalue weighted by Gasteiger charge is 2.11. The minimum Gasteiger partial charge on any atom is -0.452 e. The number of anilines is 1. The largest absolute Gasteiger partial charge is 0.452 e. The highest BCUT2D eigenvalue weighted by atomic mass is 16.5. The molecule has 0 aliphatic carbocycles. The van der Waals surface area contributed by atoms with E-state index < -0.39 is 6.09 Å². The highest BCUT2D eigenvalue weighted by Crippen LogP contribution is 2.04. The second-order valence-corrected chi connectivity index (χ2v) is 2.03. The van der Waals surface area contributed by atoms with E-state index in [-0.39, 0.29) is 0 Å². The van der Waals surface area contributed by atoms with Crippen LogP contribution in [0.25, 0.3) is 0 Å². The zero-order chi connectivity index (χ0) is 8.97. The Hall–Kier alpha value is -1.62. The van der Waals surface area contributed by atoms with Gasteiger partial charge in [0.05, 0.1) is 7.11 Å². The van der Waals surface area contributed by atoms with E-state index in [2.05, 4.69) is 9.72 Å². The predicted molar refractivity (Wildman–Crippen MR) is 43.3 cm³/mol. The van der Waals surface area contributed by atoms with Crippen LogP contribution in [0.5, 0.6) is 0 Å². The fraction of sp³-hybridized carbons (Fsp3) is 0.143. The van der Waals surface area contributed by atoms with Gasteiger partial charge in [-0.15, -0.1) is 0 Å². The number of carbonyl (C=O) groups excluding carboxylic acids is 1. The Morgan fingerprint density at radius 2 is 2.42 bits per heavy atom. The van der Waals surface area contributed by atoms with E-state index in [0.29, 0.717) is 5.82 Å². The molecule has 0 aliphatic rings. The van der Waals surface area contributed by atoms with Crippen molar-refractivity contribution in [1.82, 2.24) is 4.98 Å². The van der Waals surface area contributed by atoms with Crippen LogP contribution in [0.15, 0.2) is 24.4 Å². The molecule has 12 heavy (non-hydrogen) atoms. The third-order valence-electron chi connectivity index (χ3n) is 1.27. The lowest BCUT2D eigenvalue weighted by Crippen LogP contribution is -2.37. The lowest BCUT2D eigenvalue weighted by molar-refractivity contribution is 0.178. The number of hydrogen-bond acceptors (Lipinski definition) is 4. The zero-order valence-electron chi connectivity index (χ0n) is 6.60. The van der Waals surface area contributed by atoms with E-state index >= 15 is 0 Å². The molecule has 1 heterocycles. The Morgan fingerprint density at radius 3 is 2.92 bits per heavy atom. The summed E-state index contributed by atoms with van der Waals surface area (Å²) in [6.45, 7) is 0. The summed E-state index contributed by atoms with van der Waals surface area (Å²) in [6, 6.07) is 5.07. The fourth-order valence-electron chi connectivity index (χ4n) is 0.688. The molecule has 0 unspecified atom stereocenters. The molecule has 1 aromatic heterocycles. The van der Waals surface area contributed by atoms with Gasteiger partial charge in [0.1, 0.15) is 0 Å². The van der Waals surface area contributed by atoms with Gasteiger partial charge >= 0.3 is 6.09 Å². The Labute approximate surface area is 69.7 Å². The van der Waals surface area contributed by atoms with E-state index in [0.717, 1.165) is 5.01 Å². The molecule has 1 aromatic rings. The van der Waals surface area contributed by atoms with Crippen molar-refractivity contribution < 1.29 is 9.53 Å². The summed E-state index contributed by atoms with van der Waals surface area (Å²) in [5.74, 6) is 5.70. The average molecular weight is 167 g/mol. The van der Waals surface area contributed by atoms with E-state index in [4.69, 9.17) is 5.84 Å². The van der Waals surface area contributed by atoms with Crippen molar-refractivity contribution in [3.63, 3.8) is 0 Å².